The molecule has 4 heteroatoms. The molecule has 4 nitrogen and oxygen atoms in total. The van der Waals surface area contributed by atoms with Crippen molar-refractivity contribution >= 4 is 11.8 Å². The molecule has 1 saturated heterocycles. The normalized spacial score (nSPS) is 16.1. The Morgan fingerprint density at radius 2 is 1.95 bits per heavy atom. The van der Waals surface area contributed by atoms with Crippen LogP contribution in [-0.2, 0) is 14.3 Å². The summed E-state index contributed by atoms with van der Waals surface area (Å²) in [6, 6.07) is 7.29. The van der Waals surface area contributed by atoms with E-state index in [2.05, 4.69) is 0 Å². The van der Waals surface area contributed by atoms with Crippen LogP contribution < -0.4 is 0 Å². The van der Waals surface area contributed by atoms with Crippen LogP contribution in [0.4, 0.5) is 0 Å². The topological polar surface area (TPSA) is 52.6 Å². The van der Waals surface area contributed by atoms with Gasteiger partial charge in [0.1, 0.15) is 0 Å². The van der Waals surface area contributed by atoms with Gasteiger partial charge in [-0.1, -0.05) is 24.3 Å². The number of esters is 1. The Hall–Kier alpha value is -1.68. The molecule has 0 unspecified atom stereocenters. The van der Waals surface area contributed by atoms with E-state index in [9.17, 15) is 9.59 Å². The lowest BCUT2D eigenvalue weighted by atomic mass is 9.87. The van der Waals surface area contributed by atoms with E-state index >= 15 is 0 Å². The van der Waals surface area contributed by atoms with Gasteiger partial charge in [0, 0.05) is 18.8 Å². The molecule has 0 saturated carbocycles. The third-order valence-electron chi connectivity index (χ3n) is 3.33. The molecule has 2 rings (SSSR count). The van der Waals surface area contributed by atoms with E-state index in [1.807, 2.05) is 12.1 Å². The molecule has 1 aromatic carbocycles. The van der Waals surface area contributed by atoms with E-state index in [4.69, 9.17) is 9.47 Å². The molecule has 1 heterocycles. The Balaban J connectivity index is 2.24. The molecule has 0 N–H and O–H groups in total. The van der Waals surface area contributed by atoms with Crippen LogP contribution in [0.1, 0.15) is 41.6 Å². The molecular weight excluding hydrogens is 244 g/mol. The fourth-order valence-corrected chi connectivity index (χ4v) is 2.37. The molecule has 1 aliphatic heterocycles. The highest BCUT2D eigenvalue weighted by Gasteiger charge is 2.25. The lowest BCUT2D eigenvalue weighted by Crippen LogP contribution is -2.22. The van der Waals surface area contributed by atoms with Crippen molar-refractivity contribution in [2.45, 2.75) is 25.7 Å². The van der Waals surface area contributed by atoms with Gasteiger partial charge in [0.05, 0.1) is 6.61 Å². The SMILES string of the molecule is CCOC(=O)C(=O)c1ccccc1C1CCOCC1. The second kappa shape index (κ2) is 6.48. The Kier molecular flexibility index (Phi) is 4.68. The van der Waals surface area contributed by atoms with E-state index in [-0.39, 0.29) is 12.5 Å². The van der Waals surface area contributed by atoms with Crippen LogP contribution in [0.15, 0.2) is 24.3 Å². The van der Waals surface area contributed by atoms with Gasteiger partial charge >= 0.3 is 5.97 Å². The number of Topliss-reactive ketones (excluding diaryl/α,β-unsaturated/α-hetero) is 1. The predicted molar refractivity (Wildman–Crippen MR) is 70.2 cm³/mol. The maximum Gasteiger partial charge on any atom is 0.379 e. The minimum atomic E-state index is -0.776. The highest BCUT2D eigenvalue weighted by atomic mass is 16.5. The lowest BCUT2D eigenvalue weighted by molar-refractivity contribution is -0.137. The van der Waals surface area contributed by atoms with Crippen LogP contribution in [0.3, 0.4) is 0 Å². The van der Waals surface area contributed by atoms with E-state index < -0.39 is 11.8 Å². The first-order chi connectivity index (χ1) is 9.24. The van der Waals surface area contributed by atoms with Gasteiger partial charge in [-0.3, -0.25) is 4.79 Å². The Morgan fingerprint density at radius 3 is 2.63 bits per heavy atom. The zero-order valence-corrected chi connectivity index (χ0v) is 11.1. The van der Waals surface area contributed by atoms with E-state index in [0.29, 0.717) is 18.8 Å². The number of hydrogen-bond donors (Lipinski definition) is 0. The number of ether oxygens (including phenoxy) is 2. The van der Waals surface area contributed by atoms with Crippen molar-refractivity contribution in [1.82, 2.24) is 0 Å². The molecule has 0 bridgehead atoms. The van der Waals surface area contributed by atoms with Crippen molar-refractivity contribution < 1.29 is 19.1 Å². The molecule has 19 heavy (non-hydrogen) atoms. The van der Waals surface area contributed by atoms with Gasteiger partial charge in [-0.05, 0) is 31.2 Å². The Labute approximate surface area is 112 Å². The van der Waals surface area contributed by atoms with Gasteiger partial charge in [0.15, 0.2) is 0 Å². The van der Waals surface area contributed by atoms with Gasteiger partial charge in [0.25, 0.3) is 5.78 Å². The first kappa shape index (κ1) is 13.7. The minimum absolute atomic E-state index is 0.212. The van der Waals surface area contributed by atoms with Crippen molar-refractivity contribution in [3.05, 3.63) is 35.4 Å². The third-order valence-corrected chi connectivity index (χ3v) is 3.33. The molecule has 0 spiro atoms. The zero-order valence-electron chi connectivity index (χ0n) is 11.1. The quantitative estimate of drug-likeness (QED) is 0.475. The van der Waals surface area contributed by atoms with Crippen molar-refractivity contribution in [2.24, 2.45) is 0 Å². The van der Waals surface area contributed by atoms with Crippen LogP contribution in [0, 0.1) is 0 Å². The summed E-state index contributed by atoms with van der Waals surface area (Å²) >= 11 is 0. The molecule has 1 fully saturated rings. The zero-order chi connectivity index (χ0) is 13.7. The number of benzene rings is 1. The van der Waals surface area contributed by atoms with Crippen LogP contribution in [-0.4, -0.2) is 31.6 Å². The maximum absolute atomic E-state index is 12.1. The summed E-state index contributed by atoms with van der Waals surface area (Å²) in [4.78, 5) is 23.7. The summed E-state index contributed by atoms with van der Waals surface area (Å²) in [7, 11) is 0. The maximum atomic E-state index is 12.1. The highest BCUT2D eigenvalue weighted by molar-refractivity contribution is 6.41. The van der Waals surface area contributed by atoms with Crippen LogP contribution in [0.25, 0.3) is 0 Å². The van der Waals surface area contributed by atoms with Crippen molar-refractivity contribution in [3.8, 4) is 0 Å². The fraction of sp³-hybridized carbons (Fsp3) is 0.467. The molecule has 0 atom stereocenters. The van der Waals surface area contributed by atoms with Crippen LogP contribution >= 0.6 is 0 Å². The summed E-state index contributed by atoms with van der Waals surface area (Å²) in [5.74, 6) is -1.05. The summed E-state index contributed by atoms with van der Waals surface area (Å²) in [5, 5.41) is 0. The summed E-state index contributed by atoms with van der Waals surface area (Å²) in [6.07, 6.45) is 1.76. The van der Waals surface area contributed by atoms with Gasteiger partial charge in [-0.2, -0.15) is 0 Å². The standard InChI is InChI=1S/C15H18O4/c1-2-19-15(17)14(16)13-6-4-3-5-12(13)11-7-9-18-10-8-11/h3-6,11H,2,7-10H2,1H3. The second-order valence-corrected chi connectivity index (χ2v) is 4.52. The predicted octanol–water partition coefficient (Wildman–Crippen LogP) is 2.33. The summed E-state index contributed by atoms with van der Waals surface area (Å²) in [6.45, 7) is 3.30. The molecule has 0 aliphatic carbocycles. The first-order valence-corrected chi connectivity index (χ1v) is 6.62. The number of rotatable bonds is 4. The molecule has 0 aromatic heterocycles. The van der Waals surface area contributed by atoms with E-state index in [1.165, 1.54) is 0 Å². The van der Waals surface area contributed by atoms with Crippen LogP contribution in [0.2, 0.25) is 0 Å². The highest BCUT2D eigenvalue weighted by Crippen LogP contribution is 2.29. The average molecular weight is 262 g/mol. The Bertz CT molecular complexity index is 461. The molecule has 102 valence electrons. The number of carbonyl (C=O) groups excluding carboxylic acids is 2. The molecule has 1 aromatic rings. The lowest BCUT2D eigenvalue weighted by Gasteiger charge is -2.24. The summed E-state index contributed by atoms with van der Waals surface area (Å²) in [5.41, 5.74) is 1.40. The van der Waals surface area contributed by atoms with Gasteiger partial charge in [0.2, 0.25) is 0 Å². The largest absolute Gasteiger partial charge is 0.460 e. The monoisotopic (exact) mass is 262 g/mol. The van der Waals surface area contributed by atoms with Gasteiger partial charge in [-0.15, -0.1) is 0 Å². The van der Waals surface area contributed by atoms with E-state index in [0.717, 1.165) is 18.4 Å². The van der Waals surface area contributed by atoms with Crippen molar-refractivity contribution in [1.29, 1.82) is 0 Å². The van der Waals surface area contributed by atoms with E-state index in [1.54, 1.807) is 19.1 Å². The number of hydrogen-bond acceptors (Lipinski definition) is 4. The number of ketones is 1. The van der Waals surface area contributed by atoms with Crippen molar-refractivity contribution in [3.63, 3.8) is 0 Å². The fourth-order valence-electron chi connectivity index (χ4n) is 2.37. The summed E-state index contributed by atoms with van der Waals surface area (Å²) < 4.78 is 10.1. The molecule has 1 aliphatic rings. The number of carbonyl (C=O) groups is 2. The van der Waals surface area contributed by atoms with Gasteiger partial charge < -0.3 is 9.47 Å². The average Bonchev–Trinajstić information content (AvgIpc) is 2.47. The van der Waals surface area contributed by atoms with Crippen LogP contribution in [0.5, 0.6) is 0 Å². The molecular formula is C15H18O4. The van der Waals surface area contributed by atoms with Crippen molar-refractivity contribution in [2.75, 3.05) is 19.8 Å². The second-order valence-electron chi connectivity index (χ2n) is 4.52. The Morgan fingerprint density at radius 1 is 1.26 bits per heavy atom. The third kappa shape index (κ3) is 3.20. The molecule has 0 amide bonds. The first-order valence-electron chi connectivity index (χ1n) is 6.62. The smallest absolute Gasteiger partial charge is 0.379 e. The van der Waals surface area contributed by atoms with Gasteiger partial charge in [-0.25, -0.2) is 4.79 Å². The minimum Gasteiger partial charge on any atom is -0.460 e. The molecule has 0 radical (unpaired) electrons.